The van der Waals surface area contributed by atoms with E-state index in [1.807, 2.05) is 0 Å². The predicted octanol–water partition coefficient (Wildman–Crippen LogP) is 2.30. The Balaban J connectivity index is 1.42. The number of methoxy groups -OCH3 is 1. The van der Waals surface area contributed by atoms with Gasteiger partial charge in [-0.2, -0.15) is 0 Å². The van der Waals surface area contributed by atoms with E-state index >= 15 is 0 Å². The third kappa shape index (κ3) is 2.87. The topological polar surface area (TPSA) is 93.2 Å². The second kappa shape index (κ2) is 5.98. The number of aromatic nitrogens is 2. The standard InChI is InChI=1S/C16H22N4O3S/c1-23-15(22)17-8-12(21)18-14-20-19-13(24-14)16-5-9-2-10(6-16)4-11(3-9)7-16/h9-11H,2-8H2,1H3,(H,17,22)(H,18,20,21). The van der Waals surface area contributed by atoms with Crippen LogP contribution in [0.25, 0.3) is 0 Å². The van der Waals surface area contributed by atoms with Gasteiger partial charge >= 0.3 is 6.09 Å². The summed E-state index contributed by atoms with van der Waals surface area (Å²) in [5.74, 6) is 2.22. The number of hydrogen-bond acceptors (Lipinski definition) is 6. The summed E-state index contributed by atoms with van der Waals surface area (Å²) in [7, 11) is 1.26. The minimum Gasteiger partial charge on any atom is -0.453 e. The lowest BCUT2D eigenvalue weighted by Gasteiger charge is -2.55. The molecule has 4 aliphatic carbocycles. The summed E-state index contributed by atoms with van der Waals surface area (Å²) in [6.07, 6.45) is 7.22. The number of ether oxygens (including phenoxy) is 1. The van der Waals surface area contributed by atoms with Crippen molar-refractivity contribution in [3.8, 4) is 0 Å². The van der Waals surface area contributed by atoms with E-state index in [0.717, 1.165) is 22.8 Å². The van der Waals surface area contributed by atoms with E-state index in [2.05, 4.69) is 25.6 Å². The Labute approximate surface area is 144 Å². The zero-order chi connectivity index (χ0) is 16.7. The van der Waals surface area contributed by atoms with Crippen molar-refractivity contribution in [3.63, 3.8) is 0 Å². The molecule has 7 nitrogen and oxygen atoms in total. The molecule has 0 saturated heterocycles. The molecular weight excluding hydrogens is 328 g/mol. The number of amides is 2. The van der Waals surface area contributed by atoms with Gasteiger partial charge in [-0.3, -0.25) is 10.1 Å². The highest BCUT2D eigenvalue weighted by Gasteiger charge is 2.53. The summed E-state index contributed by atoms with van der Waals surface area (Å²) in [5.41, 5.74) is 0.194. The third-order valence-electron chi connectivity index (χ3n) is 5.74. The Bertz CT molecular complexity index is 624. The van der Waals surface area contributed by atoms with Gasteiger partial charge in [-0.25, -0.2) is 4.79 Å². The molecule has 1 heterocycles. The van der Waals surface area contributed by atoms with Crippen molar-refractivity contribution in [3.05, 3.63) is 5.01 Å². The monoisotopic (exact) mass is 350 g/mol. The second-order valence-electron chi connectivity index (χ2n) is 7.50. The normalized spacial score (nSPS) is 33.3. The van der Waals surface area contributed by atoms with Crippen molar-refractivity contribution in [2.45, 2.75) is 43.9 Å². The van der Waals surface area contributed by atoms with Gasteiger partial charge in [0.05, 0.1) is 7.11 Å². The van der Waals surface area contributed by atoms with E-state index < -0.39 is 6.09 Å². The number of nitrogens with one attached hydrogen (secondary N) is 2. The fourth-order valence-corrected chi connectivity index (χ4v) is 6.23. The van der Waals surface area contributed by atoms with Crippen LogP contribution in [0.15, 0.2) is 0 Å². The Hall–Kier alpha value is -1.70. The van der Waals surface area contributed by atoms with E-state index in [4.69, 9.17) is 0 Å². The number of anilines is 1. The van der Waals surface area contributed by atoms with Crippen molar-refractivity contribution in [1.82, 2.24) is 15.5 Å². The maximum absolute atomic E-state index is 11.8. The minimum absolute atomic E-state index is 0.140. The van der Waals surface area contributed by atoms with Crippen LogP contribution in [0.1, 0.15) is 43.5 Å². The van der Waals surface area contributed by atoms with Crippen molar-refractivity contribution >= 4 is 28.5 Å². The molecule has 0 radical (unpaired) electrons. The van der Waals surface area contributed by atoms with Gasteiger partial charge in [-0.05, 0) is 56.3 Å². The predicted molar refractivity (Wildman–Crippen MR) is 88.8 cm³/mol. The molecular formula is C16H22N4O3S. The van der Waals surface area contributed by atoms with Crippen LogP contribution in [0, 0.1) is 17.8 Å². The first-order valence-electron chi connectivity index (χ1n) is 8.52. The highest BCUT2D eigenvalue weighted by molar-refractivity contribution is 7.15. The maximum Gasteiger partial charge on any atom is 0.407 e. The average Bonchev–Trinajstić information content (AvgIpc) is 3.00. The summed E-state index contributed by atoms with van der Waals surface area (Å²) >= 11 is 1.49. The number of carbonyl (C=O) groups excluding carboxylic acids is 2. The number of hydrogen-bond donors (Lipinski definition) is 2. The van der Waals surface area contributed by atoms with Crippen LogP contribution in [0.2, 0.25) is 0 Å². The largest absolute Gasteiger partial charge is 0.453 e. The van der Waals surface area contributed by atoms with Gasteiger partial charge in [0.2, 0.25) is 11.0 Å². The van der Waals surface area contributed by atoms with E-state index in [1.54, 1.807) is 0 Å². The molecule has 1 aromatic rings. The van der Waals surface area contributed by atoms with Crippen LogP contribution in [0.4, 0.5) is 9.93 Å². The first-order valence-corrected chi connectivity index (χ1v) is 9.33. The molecule has 1 aromatic heterocycles. The van der Waals surface area contributed by atoms with Gasteiger partial charge < -0.3 is 10.1 Å². The fraction of sp³-hybridized carbons (Fsp3) is 0.750. The zero-order valence-electron chi connectivity index (χ0n) is 13.7. The summed E-state index contributed by atoms with van der Waals surface area (Å²) in [6.45, 7) is -0.140. The molecule has 0 spiro atoms. The van der Waals surface area contributed by atoms with E-state index in [0.29, 0.717) is 5.13 Å². The Morgan fingerprint density at radius 2 is 1.79 bits per heavy atom. The molecule has 8 heteroatoms. The third-order valence-corrected chi connectivity index (χ3v) is 6.83. The zero-order valence-corrected chi connectivity index (χ0v) is 14.5. The number of rotatable bonds is 4. The van der Waals surface area contributed by atoms with Crippen LogP contribution in [-0.2, 0) is 14.9 Å². The molecule has 0 unspecified atom stereocenters. The molecule has 0 atom stereocenters. The fourth-order valence-electron chi connectivity index (χ4n) is 5.25. The van der Waals surface area contributed by atoms with Crippen molar-refractivity contribution < 1.29 is 14.3 Å². The molecule has 24 heavy (non-hydrogen) atoms. The molecule has 5 rings (SSSR count). The second-order valence-corrected chi connectivity index (χ2v) is 8.48. The molecule has 130 valence electrons. The van der Waals surface area contributed by atoms with Crippen LogP contribution in [0.5, 0.6) is 0 Å². The van der Waals surface area contributed by atoms with Crippen LogP contribution < -0.4 is 10.6 Å². The smallest absolute Gasteiger partial charge is 0.407 e. The summed E-state index contributed by atoms with van der Waals surface area (Å²) in [5, 5.41) is 15.2. The van der Waals surface area contributed by atoms with Gasteiger partial charge in [-0.15, -0.1) is 10.2 Å². The highest BCUT2D eigenvalue weighted by atomic mass is 32.1. The maximum atomic E-state index is 11.8. The number of nitrogens with zero attached hydrogens (tertiary/aromatic N) is 2. The highest BCUT2D eigenvalue weighted by Crippen LogP contribution is 2.61. The average molecular weight is 350 g/mol. The minimum atomic E-state index is -0.628. The quantitative estimate of drug-likeness (QED) is 0.869. The number of carbonyl (C=O) groups is 2. The van der Waals surface area contributed by atoms with Crippen molar-refractivity contribution in [1.29, 1.82) is 0 Å². The van der Waals surface area contributed by atoms with Crippen LogP contribution in [0.3, 0.4) is 0 Å². The van der Waals surface area contributed by atoms with Gasteiger partial charge in [0.15, 0.2) is 0 Å². The summed E-state index contributed by atoms with van der Waals surface area (Å²) in [4.78, 5) is 22.8. The van der Waals surface area contributed by atoms with Crippen LogP contribution >= 0.6 is 11.3 Å². The first-order chi connectivity index (χ1) is 11.6. The van der Waals surface area contributed by atoms with Gasteiger partial charge in [-0.1, -0.05) is 11.3 Å². The van der Waals surface area contributed by atoms with Crippen molar-refractivity contribution in [2.24, 2.45) is 17.8 Å². The molecule has 0 aromatic carbocycles. The lowest BCUT2D eigenvalue weighted by molar-refractivity contribution is -0.115. The number of alkyl carbamates (subject to hydrolysis) is 1. The lowest BCUT2D eigenvalue weighted by Crippen LogP contribution is -2.48. The lowest BCUT2D eigenvalue weighted by atomic mass is 9.50. The molecule has 4 fully saturated rings. The van der Waals surface area contributed by atoms with E-state index in [1.165, 1.54) is 57.0 Å². The molecule has 2 N–H and O–H groups in total. The van der Waals surface area contributed by atoms with E-state index in [-0.39, 0.29) is 17.9 Å². The van der Waals surface area contributed by atoms with Gasteiger partial charge in [0.25, 0.3) is 0 Å². The molecule has 4 saturated carbocycles. The summed E-state index contributed by atoms with van der Waals surface area (Å²) < 4.78 is 4.44. The van der Waals surface area contributed by atoms with Crippen LogP contribution in [-0.4, -0.2) is 35.9 Å². The van der Waals surface area contributed by atoms with Gasteiger partial charge in [0, 0.05) is 5.41 Å². The molecule has 0 aliphatic heterocycles. The van der Waals surface area contributed by atoms with Gasteiger partial charge in [0.1, 0.15) is 11.6 Å². The van der Waals surface area contributed by atoms with Crippen molar-refractivity contribution in [2.75, 3.05) is 19.0 Å². The Morgan fingerprint density at radius 3 is 2.38 bits per heavy atom. The van der Waals surface area contributed by atoms with E-state index in [9.17, 15) is 9.59 Å². The SMILES string of the molecule is COC(=O)NCC(=O)Nc1nnc(C23CC4CC(CC(C4)C2)C3)s1. The Morgan fingerprint density at radius 1 is 1.17 bits per heavy atom. The molecule has 2 amide bonds. The Kier molecular flexibility index (Phi) is 3.94. The molecule has 4 bridgehead atoms. The first kappa shape index (κ1) is 15.8. The molecule has 4 aliphatic rings. The summed E-state index contributed by atoms with van der Waals surface area (Å²) in [6, 6.07) is 0.